The summed E-state index contributed by atoms with van der Waals surface area (Å²) in [6, 6.07) is 20.0. The zero-order valence-electron chi connectivity index (χ0n) is 13.0. The fourth-order valence-corrected chi connectivity index (χ4v) is 2.66. The van der Waals surface area contributed by atoms with Crippen LogP contribution in [0.2, 0.25) is 0 Å². The first-order chi connectivity index (χ1) is 11.3. The van der Waals surface area contributed by atoms with Crippen molar-refractivity contribution in [2.45, 2.75) is 38.1 Å². The van der Waals surface area contributed by atoms with Gasteiger partial charge in [-0.25, -0.2) is 0 Å². The maximum Gasteiger partial charge on any atom is 0.157 e. The Labute approximate surface area is 136 Å². The maximum atomic E-state index is 9.73. The van der Waals surface area contributed by atoms with Gasteiger partial charge in [-0.1, -0.05) is 60.7 Å². The van der Waals surface area contributed by atoms with Crippen LogP contribution in [0, 0.1) is 0 Å². The van der Waals surface area contributed by atoms with Gasteiger partial charge in [-0.05, 0) is 11.1 Å². The predicted molar refractivity (Wildman–Crippen MR) is 86.6 cm³/mol. The van der Waals surface area contributed by atoms with Crippen LogP contribution >= 0.6 is 0 Å². The van der Waals surface area contributed by atoms with Crippen molar-refractivity contribution in [3.8, 4) is 0 Å². The molecule has 0 radical (unpaired) electrons. The van der Waals surface area contributed by atoms with E-state index in [-0.39, 0.29) is 12.2 Å². The quantitative estimate of drug-likeness (QED) is 0.854. The molecule has 3 rings (SSSR count). The summed E-state index contributed by atoms with van der Waals surface area (Å²) in [4.78, 5) is 0. The summed E-state index contributed by atoms with van der Waals surface area (Å²) in [6.45, 7) is 1.45. The van der Waals surface area contributed by atoms with Gasteiger partial charge < -0.3 is 19.3 Å². The van der Waals surface area contributed by atoms with Crippen LogP contribution in [0.15, 0.2) is 60.7 Å². The molecule has 1 aliphatic rings. The van der Waals surface area contributed by atoms with E-state index in [2.05, 4.69) is 0 Å². The summed E-state index contributed by atoms with van der Waals surface area (Å²) >= 11 is 0. The lowest BCUT2D eigenvalue weighted by molar-refractivity contribution is -0.122. The van der Waals surface area contributed by atoms with Gasteiger partial charge >= 0.3 is 0 Å². The van der Waals surface area contributed by atoms with Gasteiger partial charge in [0.15, 0.2) is 6.29 Å². The molecule has 4 heteroatoms. The Balaban J connectivity index is 1.47. The molecule has 1 aliphatic heterocycles. The first-order valence-corrected chi connectivity index (χ1v) is 7.92. The van der Waals surface area contributed by atoms with Crippen molar-refractivity contribution in [3.05, 3.63) is 71.8 Å². The number of rotatable bonds is 7. The van der Waals surface area contributed by atoms with Crippen LogP contribution in [0.5, 0.6) is 0 Å². The van der Waals surface area contributed by atoms with Gasteiger partial charge in [0.25, 0.3) is 0 Å². The molecule has 0 bridgehead atoms. The number of hydrogen-bond acceptors (Lipinski definition) is 4. The molecule has 0 aromatic heterocycles. The van der Waals surface area contributed by atoms with Crippen molar-refractivity contribution in [2.24, 2.45) is 0 Å². The van der Waals surface area contributed by atoms with Crippen molar-refractivity contribution >= 4 is 0 Å². The molecule has 122 valence electrons. The highest BCUT2D eigenvalue weighted by atomic mass is 16.6. The average Bonchev–Trinajstić information content (AvgIpc) is 2.95. The molecule has 2 aromatic carbocycles. The third-order valence-electron chi connectivity index (χ3n) is 3.88. The van der Waals surface area contributed by atoms with E-state index >= 15 is 0 Å². The minimum Gasteiger partial charge on any atom is -0.374 e. The lowest BCUT2D eigenvalue weighted by atomic mass is 10.2. The van der Waals surface area contributed by atoms with Crippen LogP contribution in [-0.4, -0.2) is 30.2 Å². The summed E-state index contributed by atoms with van der Waals surface area (Å²) < 4.78 is 17.1. The lowest BCUT2D eigenvalue weighted by Crippen LogP contribution is -2.29. The smallest absolute Gasteiger partial charge is 0.157 e. The lowest BCUT2D eigenvalue weighted by Gasteiger charge is -2.19. The van der Waals surface area contributed by atoms with E-state index in [4.69, 9.17) is 14.2 Å². The Hall–Kier alpha value is -1.72. The Bertz CT molecular complexity index is 572. The maximum absolute atomic E-state index is 9.73. The number of benzene rings is 2. The Kier molecular flexibility index (Phi) is 5.77. The summed E-state index contributed by atoms with van der Waals surface area (Å²) in [5.74, 6) is 0. The number of hydrogen-bond donors (Lipinski definition) is 1. The number of ether oxygens (including phenoxy) is 3. The van der Waals surface area contributed by atoms with Crippen LogP contribution in [0.4, 0.5) is 0 Å². The normalized spacial score (nSPS) is 24.0. The molecule has 1 saturated heterocycles. The van der Waals surface area contributed by atoms with E-state index < -0.39 is 6.29 Å². The Morgan fingerprint density at radius 2 is 1.52 bits per heavy atom. The SMILES string of the molecule is OC1C[C@H](OCc2ccccc2)[C@@H](COCc2ccccc2)O1. The molecule has 0 spiro atoms. The second-order valence-electron chi connectivity index (χ2n) is 5.70. The van der Waals surface area contributed by atoms with Crippen molar-refractivity contribution in [1.82, 2.24) is 0 Å². The zero-order valence-corrected chi connectivity index (χ0v) is 13.0. The fourth-order valence-electron chi connectivity index (χ4n) is 2.66. The highest BCUT2D eigenvalue weighted by Crippen LogP contribution is 2.23. The van der Waals surface area contributed by atoms with Gasteiger partial charge in [0, 0.05) is 6.42 Å². The van der Waals surface area contributed by atoms with E-state index in [1.165, 1.54) is 0 Å². The Morgan fingerprint density at radius 1 is 0.913 bits per heavy atom. The molecule has 4 nitrogen and oxygen atoms in total. The van der Waals surface area contributed by atoms with Crippen molar-refractivity contribution < 1.29 is 19.3 Å². The van der Waals surface area contributed by atoms with E-state index in [0.717, 1.165) is 11.1 Å². The van der Waals surface area contributed by atoms with E-state index in [0.29, 0.717) is 26.2 Å². The van der Waals surface area contributed by atoms with Gasteiger partial charge in [0.2, 0.25) is 0 Å². The molecule has 1 fully saturated rings. The molecule has 1 N–H and O–H groups in total. The summed E-state index contributed by atoms with van der Waals surface area (Å²) in [6.07, 6.45) is -0.689. The van der Waals surface area contributed by atoms with Crippen LogP contribution < -0.4 is 0 Å². The van der Waals surface area contributed by atoms with Crippen molar-refractivity contribution in [3.63, 3.8) is 0 Å². The predicted octanol–water partition coefficient (Wildman–Crippen LogP) is 2.90. The average molecular weight is 314 g/mol. The minimum atomic E-state index is -0.777. The van der Waals surface area contributed by atoms with Gasteiger partial charge in [-0.15, -0.1) is 0 Å². The molecule has 3 atom stereocenters. The number of aliphatic hydroxyl groups excluding tert-OH is 1. The van der Waals surface area contributed by atoms with Crippen LogP contribution in [0.1, 0.15) is 17.5 Å². The van der Waals surface area contributed by atoms with Gasteiger partial charge in [-0.2, -0.15) is 0 Å². The molecular formula is C19H22O4. The summed E-state index contributed by atoms with van der Waals surface area (Å²) in [7, 11) is 0. The van der Waals surface area contributed by atoms with Crippen molar-refractivity contribution in [2.75, 3.05) is 6.61 Å². The van der Waals surface area contributed by atoms with Gasteiger partial charge in [0.05, 0.1) is 25.9 Å². The number of aliphatic hydroxyl groups is 1. The van der Waals surface area contributed by atoms with Crippen LogP contribution in [-0.2, 0) is 27.4 Å². The molecule has 1 heterocycles. The summed E-state index contributed by atoms with van der Waals surface area (Å²) in [5.41, 5.74) is 2.23. The second kappa shape index (κ2) is 8.22. The molecule has 0 aliphatic carbocycles. The topological polar surface area (TPSA) is 47.9 Å². The monoisotopic (exact) mass is 314 g/mol. The highest BCUT2D eigenvalue weighted by molar-refractivity contribution is 5.14. The molecule has 0 saturated carbocycles. The van der Waals surface area contributed by atoms with Crippen LogP contribution in [0.3, 0.4) is 0 Å². The molecule has 23 heavy (non-hydrogen) atoms. The van der Waals surface area contributed by atoms with Gasteiger partial charge in [-0.3, -0.25) is 0 Å². The third-order valence-corrected chi connectivity index (χ3v) is 3.88. The van der Waals surface area contributed by atoms with Crippen LogP contribution in [0.25, 0.3) is 0 Å². The van der Waals surface area contributed by atoms with E-state index in [1.54, 1.807) is 0 Å². The fraction of sp³-hybridized carbons (Fsp3) is 0.368. The largest absolute Gasteiger partial charge is 0.374 e. The molecule has 2 aromatic rings. The molecular weight excluding hydrogens is 292 g/mol. The van der Waals surface area contributed by atoms with Crippen molar-refractivity contribution in [1.29, 1.82) is 0 Å². The molecule has 0 amide bonds. The highest BCUT2D eigenvalue weighted by Gasteiger charge is 2.35. The second-order valence-corrected chi connectivity index (χ2v) is 5.70. The zero-order chi connectivity index (χ0) is 15.9. The first-order valence-electron chi connectivity index (χ1n) is 7.92. The first kappa shape index (κ1) is 16.1. The van der Waals surface area contributed by atoms with E-state index in [1.807, 2.05) is 60.7 Å². The minimum absolute atomic E-state index is 0.152. The third kappa shape index (κ3) is 4.88. The molecule has 1 unspecified atom stereocenters. The van der Waals surface area contributed by atoms with Gasteiger partial charge in [0.1, 0.15) is 6.10 Å². The Morgan fingerprint density at radius 3 is 2.17 bits per heavy atom. The standard InChI is InChI=1S/C19H22O4/c20-19-11-17(22-13-16-9-5-2-6-10-16)18(23-19)14-21-12-15-7-3-1-4-8-15/h1-10,17-20H,11-14H2/t17-,18+,19?/m0/s1. The summed E-state index contributed by atoms with van der Waals surface area (Å²) in [5, 5.41) is 9.73. The van der Waals surface area contributed by atoms with E-state index in [9.17, 15) is 5.11 Å².